The largest absolute Gasteiger partial charge is 0.457 e. The Bertz CT molecular complexity index is 1470. The number of fused-ring (bicyclic) bond motifs is 1. The normalized spacial score (nSPS) is 39.4. The van der Waals surface area contributed by atoms with Crippen LogP contribution in [0.2, 0.25) is 0 Å². The third-order valence-electron chi connectivity index (χ3n) is 11.3. The highest BCUT2D eigenvalue weighted by molar-refractivity contribution is 6.00. The lowest BCUT2D eigenvalue weighted by atomic mass is 9.73. The molecule has 3 saturated heterocycles. The molecule has 1 aromatic rings. The molecule has 0 radical (unpaired) electrons. The van der Waals surface area contributed by atoms with Crippen LogP contribution in [0.25, 0.3) is 0 Å². The third kappa shape index (κ3) is 8.06. The molecule has 0 spiro atoms. The lowest BCUT2D eigenvalue weighted by Gasteiger charge is -2.47. The Balaban J connectivity index is 1.79. The number of cyclic esters (lactones) is 1. The molecule has 14 nitrogen and oxygen atoms in total. The SMILES string of the molecule is CC[C@H]1OC(=O)[C@H](C)C(=O)[C@H](C)[C@@H](O[C@@H]2O[C@H](C)C[C@H](N(C)C)[C@H]2O)[C@](C)(OC)C[C@@H](C)C(=O)[C@H](C)[C@H]2N(NC(=O)c3ccccc3)C(=O)O[C@]12C. The number of benzene rings is 1. The molecule has 52 heavy (non-hydrogen) atoms. The Morgan fingerprint density at radius 2 is 1.65 bits per heavy atom. The number of nitrogens with one attached hydrogen (secondary N) is 1. The van der Waals surface area contributed by atoms with E-state index < -0.39 is 89.3 Å². The molecular weight excluding hydrogens is 674 g/mol. The van der Waals surface area contributed by atoms with E-state index in [9.17, 15) is 29.1 Å². The number of likely N-dealkylation sites (N-methyl/N-ethyl adjacent to an activating group) is 1. The van der Waals surface area contributed by atoms with Crippen molar-refractivity contribution in [2.24, 2.45) is 23.7 Å². The summed E-state index contributed by atoms with van der Waals surface area (Å²) in [6, 6.07) is 6.85. The Morgan fingerprint density at radius 3 is 2.23 bits per heavy atom. The number of hydrogen-bond acceptors (Lipinski definition) is 12. The smallest absolute Gasteiger partial charge is 0.429 e. The molecule has 2 amide bonds. The first-order valence-corrected chi connectivity index (χ1v) is 18.2. The van der Waals surface area contributed by atoms with Crippen molar-refractivity contribution >= 4 is 29.5 Å². The average Bonchev–Trinajstić information content (AvgIpc) is 3.37. The highest BCUT2D eigenvalue weighted by Gasteiger charge is 2.61. The molecule has 290 valence electrons. The Labute approximate surface area is 306 Å². The molecule has 3 aliphatic heterocycles. The summed E-state index contributed by atoms with van der Waals surface area (Å²) >= 11 is 0. The summed E-state index contributed by atoms with van der Waals surface area (Å²) in [5.74, 6) is -6.24. The van der Waals surface area contributed by atoms with Crippen molar-refractivity contribution in [3.63, 3.8) is 0 Å². The zero-order chi connectivity index (χ0) is 38.9. The van der Waals surface area contributed by atoms with Gasteiger partial charge in [0.05, 0.1) is 17.8 Å². The lowest BCUT2D eigenvalue weighted by Crippen LogP contribution is -2.61. The van der Waals surface area contributed by atoms with Crippen molar-refractivity contribution in [1.82, 2.24) is 15.3 Å². The number of ketones is 2. The fraction of sp³-hybridized carbons (Fsp3) is 0.711. The van der Waals surface area contributed by atoms with Crippen molar-refractivity contribution < 1.29 is 52.8 Å². The van der Waals surface area contributed by atoms with Gasteiger partial charge in [-0.1, -0.05) is 45.9 Å². The quantitative estimate of drug-likeness (QED) is 0.310. The molecule has 4 rings (SSSR count). The van der Waals surface area contributed by atoms with Gasteiger partial charge in [0.2, 0.25) is 0 Å². The summed E-state index contributed by atoms with van der Waals surface area (Å²) in [6.45, 7) is 13.3. The van der Waals surface area contributed by atoms with Crippen molar-refractivity contribution in [2.45, 2.75) is 129 Å². The summed E-state index contributed by atoms with van der Waals surface area (Å²) in [5.41, 5.74) is -0.0251. The zero-order valence-electron chi connectivity index (χ0n) is 32.3. The number of esters is 1. The number of amides is 2. The average molecular weight is 732 g/mol. The second-order valence-electron chi connectivity index (χ2n) is 15.4. The maximum atomic E-state index is 14.5. The summed E-state index contributed by atoms with van der Waals surface area (Å²) in [4.78, 5) is 71.4. The van der Waals surface area contributed by atoms with Crippen LogP contribution in [-0.4, -0.2) is 120 Å². The molecule has 1 aromatic carbocycles. The van der Waals surface area contributed by atoms with Crippen LogP contribution in [0.15, 0.2) is 30.3 Å². The first-order valence-electron chi connectivity index (χ1n) is 18.2. The minimum atomic E-state index is -1.61. The van der Waals surface area contributed by atoms with Gasteiger partial charge in [-0.3, -0.25) is 24.6 Å². The predicted octanol–water partition coefficient (Wildman–Crippen LogP) is 3.54. The van der Waals surface area contributed by atoms with Gasteiger partial charge in [-0.05, 0) is 73.2 Å². The molecule has 0 aromatic heterocycles. The molecule has 0 aliphatic carbocycles. The van der Waals surface area contributed by atoms with E-state index in [1.54, 1.807) is 71.9 Å². The first kappa shape index (κ1) is 41.3. The van der Waals surface area contributed by atoms with Crippen molar-refractivity contribution in [1.29, 1.82) is 0 Å². The molecule has 13 atom stereocenters. The van der Waals surface area contributed by atoms with E-state index in [4.69, 9.17) is 23.7 Å². The fourth-order valence-electron chi connectivity index (χ4n) is 8.25. The number of carbonyl (C=O) groups excluding carboxylic acids is 5. The highest BCUT2D eigenvalue weighted by atomic mass is 16.7. The molecule has 3 aliphatic rings. The Morgan fingerprint density at radius 1 is 1.02 bits per heavy atom. The van der Waals surface area contributed by atoms with E-state index in [1.807, 2.05) is 25.9 Å². The minimum Gasteiger partial charge on any atom is -0.457 e. The summed E-state index contributed by atoms with van der Waals surface area (Å²) in [6.07, 6.45) is -4.86. The topological polar surface area (TPSA) is 170 Å². The monoisotopic (exact) mass is 731 g/mol. The maximum absolute atomic E-state index is 14.5. The van der Waals surface area contributed by atoms with Crippen molar-refractivity contribution in [3.05, 3.63) is 35.9 Å². The lowest BCUT2D eigenvalue weighted by molar-refractivity contribution is -0.295. The van der Waals surface area contributed by atoms with Crippen molar-refractivity contribution in [2.75, 3.05) is 21.2 Å². The number of methoxy groups -OCH3 is 1. The number of rotatable bonds is 7. The van der Waals surface area contributed by atoms with E-state index in [-0.39, 0.29) is 36.3 Å². The maximum Gasteiger partial charge on any atom is 0.429 e. The number of aliphatic hydroxyl groups is 1. The van der Waals surface area contributed by atoms with Crippen LogP contribution in [0.5, 0.6) is 0 Å². The van der Waals surface area contributed by atoms with Gasteiger partial charge in [-0.15, -0.1) is 0 Å². The molecular formula is C38H57N3O11. The zero-order valence-corrected chi connectivity index (χ0v) is 32.3. The predicted molar refractivity (Wildman–Crippen MR) is 189 cm³/mol. The van der Waals surface area contributed by atoms with Gasteiger partial charge < -0.3 is 33.7 Å². The van der Waals surface area contributed by atoms with Crippen LogP contribution >= 0.6 is 0 Å². The number of aliphatic hydroxyl groups excluding tert-OH is 1. The first-order chi connectivity index (χ1) is 24.3. The fourth-order valence-corrected chi connectivity index (χ4v) is 8.25. The highest BCUT2D eigenvalue weighted by Crippen LogP contribution is 2.42. The number of hydrogen-bond donors (Lipinski definition) is 2. The summed E-state index contributed by atoms with van der Waals surface area (Å²) in [5, 5.41) is 12.4. The van der Waals surface area contributed by atoms with Gasteiger partial charge in [0, 0.05) is 36.5 Å². The second kappa shape index (κ2) is 16.3. The molecule has 2 N–H and O–H groups in total. The number of nitrogens with zero attached hydrogens (tertiary/aromatic N) is 2. The van der Waals surface area contributed by atoms with E-state index in [1.165, 1.54) is 14.0 Å². The summed E-state index contributed by atoms with van der Waals surface area (Å²) < 4.78 is 30.7. The van der Waals surface area contributed by atoms with E-state index >= 15 is 0 Å². The minimum absolute atomic E-state index is 0.0507. The van der Waals surface area contributed by atoms with E-state index in [0.29, 0.717) is 6.42 Å². The van der Waals surface area contributed by atoms with Gasteiger partial charge >= 0.3 is 12.1 Å². The van der Waals surface area contributed by atoms with Gasteiger partial charge in [-0.25, -0.2) is 9.80 Å². The molecule has 3 heterocycles. The number of ether oxygens (including phenoxy) is 5. The van der Waals surface area contributed by atoms with Gasteiger partial charge in [0.15, 0.2) is 17.7 Å². The van der Waals surface area contributed by atoms with Crippen LogP contribution in [0.1, 0.15) is 85.0 Å². The Hall–Kier alpha value is -3.43. The van der Waals surface area contributed by atoms with Crippen LogP contribution in [0, 0.1) is 23.7 Å². The molecule has 0 unspecified atom stereocenters. The second-order valence-corrected chi connectivity index (χ2v) is 15.4. The molecule has 14 heteroatoms. The molecule has 3 fully saturated rings. The van der Waals surface area contributed by atoms with Gasteiger partial charge in [0.25, 0.3) is 5.91 Å². The third-order valence-corrected chi connectivity index (χ3v) is 11.3. The van der Waals surface area contributed by atoms with Gasteiger partial charge in [0.1, 0.15) is 30.0 Å². The molecule has 0 bridgehead atoms. The van der Waals surface area contributed by atoms with E-state index in [2.05, 4.69) is 5.43 Å². The standard InChI is InChI=1S/C38H57N3O11/c1-12-27-38(8)31(41(36(47)52-38)39-33(45)25-16-14-13-15-17-25)22(4)28(42)20(2)19-37(7,48-11)32(23(5)29(43)24(6)34(46)50-27)51-35-30(44)26(40(9)10)18-21(3)49-35/h13-17,20-24,26-27,30-32,35,44H,12,18-19H2,1-11H3,(H,39,45)/t20-,21-,22+,23+,24-,26+,27-,30-,31-,32-,35+,37-,38-/m1/s1. The van der Waals surface area contributed by atoms with Gasteiger partial charge in [-0.2, -0.15) is 0 Å². The Kier molecular flexibility index (Phi) is 13.0. The van der Waals surface area contributed by atoms with Crippen molar-refractivity contribution in [3.8, 4) is 0 Å². The number of hydrazine groups is 1. The van der Waals surface area contributed by atoms with Crippen LogP contribution in [0.3, 0.4) is 0 Å². The summed E-state index contributed by atoms with van der Waals surface area (Å²) in [7, 11) is 5.15. The van der Waals surface area contributed by atoms with Crippen LogP contribution in [-0.2, 0) is 38.1 Å². The number of carbonyl (C=O) groups is 5. The van der Waals surface area contributed by atoms with Crippen LogP contribution in [0.4, 0.5) is 4.79 Å². The van der Waals surface area contributed by atoms with Crippen LogP contribution < -0.4 is 5.43 Å². The van der Waals surface area contributed by atoms with E-state index in [0.717, 1.165) is 5.01 Å². The molecule has 0 saturated carbocycles. The number of Topliss-reactive ketones (excluding diaryl/α,β-unsaturated/α-hetero) is 2.